The lowest BCUT2D eigenvalue weighted by atomic mass is 9.77. The van der Waals surface area contributed by atoms with Crippen molar-refractivity contribution in [3.8, 4) is 0 Å². The van der Waals surface area contributed by atoms with Crippen LogP contribution in [0.25, 0.3) is 0 Å². The molecule has 0 aliphatic heterocycles. The van der Waals surface area contributed by atoms with Crippen molar-refractivity contribution in [1.82, 2.24) is 9.78 Å². The molecular formula is C13H21Cl3N2. The van der Waals surface area contributed by atoms with Crippen molar-refractivity contribution in [2.45, 2.75) is 40.7 Å². The van der Waals surface area contributed by atoms with Crippen molar-refractivity contribution in [2.75, 3.05) is 11.8 Å². The topological polar surface area (TPSA) is 17.8 Å². The van der Waals surface area contributed by atoms with Crippen molar-refractivity contribution in [1.29, 1.82) is 0 Å². The summed E-state index contributed by atoms with van der Waals surface area (Å²) in [4.78, 5) is 0. The van der Waals surface area contributed by atoms with Crippen LogP contribution in [0.5, 0.6) is 0 Å². The monoisotopic (exact) mass is 310 g/mol. The zero-order valence-electron chi connectivity index (χ0n) is 11.4. The highest BCUT2D eigenvalue weighted by molar-refractivity contribution is 6.31. The Morgan fingerprint density at radius 2 is 1.83 bits per heavy atom. The number of aromatic nitrogens is 2. The molecular weight excluding hydrogens is 291 g/mol. The van der Waals surface area contributed by atoms with E-state index in [0.717, 1.165) is 29.4 Å². The van der Waals surface area contributed by atoms with E-state index in [1.54, 1.807) is 0 Å². The largest absolute Gasteiger partial charge is 0.268 e. The van der Waals surface area contributed by atoms with Crippen molar-refractivity contribution in [3.05, 3.63) is 16.4 Å². The molecule has 0 spiro atoms. The van der Waals surface area contributed by atoms with Crippen LogP contribution in [0.3, 0.4) is 0 Å². The molecule has 2 nitrogen and oxygen atoms in total. The van der Waals surface area contributed by atoms with Gasteiger partial charge in [0.1, 0.15) is 0 Å². The summed E-state index contributed by atoms with van der Waals surface area (Å²) in [6.45, 7) is 9.10. The van der Waals surface area contributed by atoms with Crippen molar-refractivity contribution < 1.29 is 0 Å². The van der Waals surface area contributed by atoms with Crippen LogP contribution in [-0.2, 0) is 13.0 Å². The van der Waals surface area contributed by atoms with Gasteiger partial charge in [-0.25, -0.2) is 0 Å². The molecule has 0 saturated carbocycles. The SMILES string of the molecule is CCn1nc(C)c(Cl)c1CC(CCl)(CCl)C(C)C. The Morgan fingerprint density at radius 1 is 1.28 bits per heavy atom. The van der Waals surface area contributed by atoms with Crippen LogP contribution >= 0.6 is 34.8 Å². The summed E-state index contributed by atoms with van der Waals surface area (Å²) < 4.78 is 1.95. The molecule has 0 aliphatic carbocycles. The molecule has 1 aromatic heterocycles. The minimum Gasteiger partial charge on any atom is -0.268 e. The Hall–Kier alpha value is 0.0800. The molecule has 18 heavy (non-hydrogen) atoms. The minimum absolute atomic E-state index is 0.133. The number of alkyl halides is 2. The number of nitrogens with zero attached hydrogens (tertiary/aromatic N) is 2. The van der Waals surface area contributed by atoms with E-state index in [1.165, 1.54) is 0 Å². The highest BCUT2D eigenvalue weighted by Crippen LogP contribution is 2.37. The molecule has 1 rings (SSSR count). The van der Waals surface area contributed by atoms with E-state index < -0.39 is 0 Å². The summed E-state index contributed by atoms with van der Waals surface area (Å²) in [5, 5.41) is 5.19. The molecule has 0 saturated heterocycles. The van der Waals surface area contributed by atoms with Crippen molar-refractivity contribution >= 4 is 34.8 Å². The number of aryl methyl sites for hydroxylation is 2. The summed E-state index contributed by atoms with van der Waals surface area (Å²) in [6, 6.07) is 0. The molecule has 0 bridgehead atoms. The first kappa shape index (κ1) is 16.1. The zero-order chi connectivity index (χ0) is 13.9. The number of halogens is 3. The lowest BCUT2D eigenvalue weighted by Gasteiger charge is -2.34. The van der Waals surface area contributed by atoms with Crippen LogP contribution in [0.4, 0.5) is 0 Å². The number of rotatable bonds is 6. The van der Waals surface area contributed by atoms with E-state index in [9.17, 15) is 0 Å². The molecule has 0 radical (unpaired) electrons. The normalized spacial score (nSPS) is 12.4. The first-order valence-corrected chi connectivity index (χ1v) is 7.70. The van der Waals surface area contributed by atoms with E-state index in [2.05, 4.69) is 25.9 Å². The summed E-state index contributed by atoms with van der Waals surface area (Å²) in [6.07, 6.45) is 0.769. The zero-order valence-corrected chi connectivity index (χ0v) is 13.7. The predicted octanol–water partition coefficient (Wildman–Crippen LogP) is 4.53. The molecule has 5 heteroatoms. The maximum Gasteiger partial charge on any atom is 0.0847 e. The van der Waals surface area contributed by atoms with Gasteiger partial charge in [0.05, 0.1) is 16.4 Å². The third kappa shape index (κ3) is 2.97. The lowest BCUT2D eigenvalue weighted by molar-refractivity contribution is 0.252. The van der Waals surface area contributed by atoms with Gasteiger partial charge in [-0.05, 0) is 26.2 Å². The molecule has 0 amide bonds. The van der Waals surface area contributed by atoms with Gasteiger partial charge in [0.2, 0.25) is 0 Å². The average molecular weight is 312 g/mol. The van der Waals surface area contributed by atoms with Crippen LogP contribution in [0.2, 0.25) is 5.02 Å². The van der Waals surface area contributed by atoms with Gasteiger partial charge in [-0.2, -0.15) is 5.10 Å². The summed E-state index contributed by atoms with van der Waals surface area (Å²) in [5.74, 6) is 1.45. The summed E-state index contributed by atoms with van der Waals surface area (Å²) >= 11 is 18.7. The maximum atomic E-state index is 6.35. The highest BCUT2D eigenvalue weighted by atomic mass is 35.5. The molecule has 0 fully saturated rings. The second kappa shape index (κ2) is 6.49. The quantitative estimate of drug-likeness (QED) is 0.706. The Kier molecular flexibility index (Phi) is 5.82. The van der Waals surface area contributed by atoms with Crippen LogP contribution in [-0.4, -0.2) is 21.5 Å². The Labute approximate surface area is 125 Å². The van der Waals surface area contributed by atoms with E-state index in [1.807, 2.05) is 11.6 Å². The highest BCUT2D eigenvalue weighted by Gasteiger charge is 2.34. The van der Waals surface area contributed by atoms with E-state index in [0.29, 0.717) is 17.7 Å². The smallest absolute Gasteiger partial charge is 0.0847 e. The fraction of sp³-hybridized carbons (Fsp3) is 0.769. The van der Waals surface area contributed by atoms with Crippen LogP contribution in [0.1, 0.15) is 32.2 Å². The third-order valence-electron chi connectivity index (χ3n) is 3.73. The van der Waals surface area contributed by atoms with Gasteiger partial charge < -0.3 is 0 Å². The van der Waals surface area contributed by atoms with Crippen LogP contribution in [0.15, 0.2) is 0 Å². The lowest BCUT2D eigenvalue weighted by Crippen LogP contribution is -2.35. The molecule has 0 aromatic carbocycles. The van der Waals surface area contributed by atoms with E-state index in [-0.39, 0.29) is 5.41 Å². The molecule has 104 valence electrons. The molecule has 0 N–H and O–H groups in total. The van der Waals surface area contributed by atoms with Crippen LogP contribution in [0, 0.1) is 18.3 Å². The maximum absolute atomic E-state index is 6.35. The van der Waals surface area contributed by atoms with Gasteiger partial charge in [-0.3, -0.25) is 4.68 Å². The predicted molar refractivity (Wildman–Crippen MR) is 80.1 cm³/mol. The second-order valence-corrected chi connectivity index (χ2v) is 6.04. The molecule has 0 atom stereocenters. The minimum atomic E-state index is -0.133. The average Bonchev–Trinajstić information content (AvgIpc) is 2.62. The Balaban J connectivity index is 3.15. The molecule has 1 heterocycles. The summed E-state index contributed by atoms with van der Waals surface area (Å²) in [5.41, 5.74) is 1.79. The van der Waals surface area contributed by atoms with Gasteiger partial charge in [-0.15, -0.1) is 23.2 Å². The van der Waals surface area contributed by atoms with E-state index >= 15 is 0 Å². The third-order valence-corrected chi connectivity index (χ3v) is 5.29. The molecule has 1 aromatic rings. The standard InChI is InChI=1S/C13H21Cl3N2/c1-5-18-11(12(16)10(4)17-18)6-13(7-14,8-15)9(2)3/h9H,5-8H2,1-4H3. The van der Waals surface area contributed by atoms with Gasteiger partial charge >= 0.3 is 0 Å². The van der Waals surface area contributed by atoms with Gasteiger partial charge in [0.15, 0.2) is 0 Å². The molecule has 0 aliphatic rings. The number of hydrogen-bond donors (Lipinski definition) is 0. The second-order valence-electron chi connectivity index (χ2n) is 5.12. The van der Waals surface area contributed by atoms with Gasteiger partial charge in [0.25, 0.3) is 0 Å². The fourth-order valence-electron chi connectivity index (χ4n) is 2.01. The summed E-state index contributed by atoms with van der Waals surface area (Å²) in [7, 11) is 0. The number of hydrogen-bond acceptors (Lipinski definition) is 1. The van der Waals surface area contributed by atoms with Gasteiger partial charge in [0, 0.05) is 23.7 Å². The van der Waals surface area contributed by atoms with E-state index in [4.69, 9.17) is 34.8 Å². The van der Waals surface area contributed by atoms with Gasteiger partial charge in [-0.1, -0.05) is 25.4 Å². The Morgan fingerprint density at radius 3 is 2.22 bits per heavy atom. The first-order chi connectivity index (χ1) is 8.41. The van der Waals surface area contributed by atoms with Crippen molar-refractivity contribution in [3.63, 3.8) is 0 Å². The molecule has 0 unspecified atom stereocenters. The fourth-order valence-corrected chi connectivity index (χ4v) is 3.31. The first-order valence-electron chi connectivity index (χ1n) is 6.25. The Bertz CT molecular complexity index is 395. The van der Waals surface area contributed by atoms with Crippen molar-refractivity contribution in [2.24, 2.45) is 11.3 Å². The van der Waals surface area contributed by atoms with Crippen LogP contribution < -0.4 is 0 Å².